The monoisotopic (exact) mass is 269 g/mol. The summed E-state index contributed by atoms with van der Waals surface area (Å²) >= 11 is 0. The van der Waals surface area contributed by atoms with E-state index in [9.17, 15) is 13.2 Å². The number of carbonyl (C=O) groups is 1. The zero-order chi connectivity index (χ0) is 13.8. The third-order valence-electron chi connectivity index (χ3n) is 2.07. The lowest BCUT2D eigenvalue weighted by molar-refractivity contribution is -0.125. The van der Waals surface area contributed by atoms with Gasteiger partial charge in [-0.2, -0.15) is 5.26 Å². The number of hydrogen-bond acceptors (Lipinski definition) is 5. The van der Waals surface area contributed by atoms with Crippen molar-refractivity contribution in [2.24, 2.45) is 5.73 Å². The van der Waals surface area contributed by atoms with Crippen LogP contribution in [-0.2, 0) is 14.8 Å². The van der Waals surface area contributed by atoms with E-state index < -0.39 is 28.6 Å². The van der Waals surface area contributed by atoms with Crippen molar-refractivity contribution < 1.29 is 18.3 Å². The number of sulfonamides is 1. The van der Waals surface area contributed by atoms with E-state index in [0.29, 0.717) is 0 Å². The first-order valence-electron chi connectivity index (χ1n) is 4.84. The van der Waals surface area contributed by atoms with Crippen LogP contribution in [-0.4, -0.2) is 32.1 Å². The van der Waals surface area contributed by atoms with Crippen LogP contribution in [0.3, 0.4) is 0 Å². The summed E-state index contributed by atoms with van der Waals surface area (Å²) < 4.78 is 25.5. The molecular weight excluding hydrogens is 258 g/mol. The molecule has 1 rings (SSSR count). The van der Waals surface area contributed by atoms with Crippen LogP contribution in [0.15, 0.2) is 29.2 Å². The van der Waals surface area contributed by atoms with Crippen molar-refractivity contribution in [1.82, 2.24) is 4.72 Å². The molecule has 7 nitrogen and oxygen atoms in total. The van der Waals surface area contributed by atoms with Crippen molar-refractivity contribution in [2.75, 3.05) is 6.54 Å². The summed E-state index contributed by atoms with van der Waals surface area (Å²) in [6, 6.07) is 7.15. The van der Waals surface area contributed by atoms with Gasteiger partial charge in [0.1, 0.15) is 6.10 Å². The molecule has 0 aliphatic heterocycles. The maximum atomic E-state index is 11.7. The standard InChI is InChI=1S/C10H11N3O4S/c11-5-7-2-1-3-8(4-7)18(16,17)13-6-9(14)10(12)15/h1-4,9,13-14H,6H2,(H2,12,15). The Balaban J connectivity index is 2.87. The first kappa shape index (κ1) is 14.1. The fourth-order valence-electron chi connectivity index (χ4n) is 1.11. The molecule has 0 heterocycles. The van der Waals surface area contributed by atoms with Crippen LogP contribution >= 0.6 is 0 Å². The highest BCUT2D eigenvalue weighted by Crippen LogP contribution is 2.10. The number of nitrogens with zero attached hydrogens (tertiary/aromatic N) is 1. The van der Waals surface area contributed by atoms with Crippen LogP contribution in [0.25, 0.3) is 0 Å². The van der Waals surface area contributed by atoms with Gasteiger partial charge in [0.15, 0.2) is 0 Å². The number of aliphatic hydroxyl groups is 1. The molecule has 0 saturated heterocycles. The Kier molecular flexibility index (Phi) is 4.38. The molecule has 1 aromatic rings. The highest BCUT2D eigenvalue weighted by Gasteiger charge is 2.18. The van der Waals surface area contributed by atoms with Crippen molar-refractivity contribution in [3.63, 3.8) is 0 Å². The van der Waals surface area contributed by atoms with Gasteiger partial charge in [-0.15, -0.1) is 0 Å². The molecule has 96 valence electrons. The van der Waals surface area contributed by atoms with Crippen molar-refractivity contribution in [3.8, 4) is 6.07 Å². The molecule has 8 heteroatoms. The summed E-state index contributed by atoms with van der Waals surface area (Å²) in [6.07, 6.45) is -1.60. The SMILES string of the molecule is N#Cc1cccc(S(=O)(=O)NCC(O)C(N)=O)c1. The van der Waals surface area contributed by atoms with Crippen LogP contribution in [0.2, 0.25) is 0 Å². The number of nitriles is 1. The molecule has 4 N–H and O–H groups in total. The fourth-order valence-corrected chi connectivity index (χ4v) is 2.19. The number of nitrogens with two attached hydrogens (primary N) is 1. The number of aliphatic hydroxyl groups excluding tert-OH is 1. The lowest BCUT2D eigenvalue weighted by atomic mass is 10.2. The van der Waals surface area contributed by atoms with Crippen molar-refractivity contribution >= 4 is 15.9 Å². The van der Waals surface area contributed by atoms with Gasteiger partial charge in [0.25, 0.3) is 0 Å². The number of hydrogen-bond donors (Lipinski definition) is 3. The van der Waals surface area contributed by atoms with Crippen molar-refractivity contribution in [1.29, 1.82) is 5.26 Å². The average molecular weight is 269 g/mol. The Morgan fingerprint density at radius 3 is 2.78 bits per heavy atom. The second-order valence-electron chi connectivity index (χ2n) is 3.41. The zero-order valence-corrected chi connectivity index (χ0v) is 10.0. The van der Waals surface area contributed by atoms with Gasteiger partial charge >= 0.3 is 0 Å². The fraction of sp³-hybridized carbons (Fsp3) is 0.200. The Morgan fingerprint density at radius 1 is 1.56 bits per heavy atom. The number of rotatable bonds is 5. The number of amides is 1. The minimum absolute atomic E-state index is 0.127. The highest BCUT2D eigenvalue weighted by molar-refractivity contribution is 7.89. The second kappa shape index (κ2) is 5.59. The van der Waals surface area contributed by atoms with Crippen LogP contribution in [0.4, 0.5) is 0 Å². The molecule has 0 fully saturated rings. The topological polar surface area (TPSA) is 133 Å². The molecule has 0 aromatic heterocycles. The molecular formula is C10H11N3O4S. The van der Waals surface area contributed by atoms with E-state index in [0.717, 1.165) is 0 Å². The van der Waals surface area contributed by atoms with Gasteiger partial charge in [0.2, 0.25) is 15.9 Å². The summed E-state index contributed by atoms with van der Waals surface area (Å²) in [5.41, 5.74) is 4.97. The molecule has 0 bridgehead atoms. The number of primary amides is 1. The first-order valence-corrected chi connectivity index (χ1v) is 6.32. The Morgan fingerprint density at radius 2 is 2.22 bits per heavy atom. The minimum Gasteiger partial charge on any atom is -0.382 e. The molecule has 0 radical (unpaired) electrons. The molecule has 0 spiro atoms. The quantitative estimate of drug-likeness (QED) is 0.609. The number of nitrogens with one attached hydrogen (secondary N) is 1. The van der Waals surface area contributed by atoms with E-state index >= 15 is 0 Å². The molecule has 0 aliphatic rings. The summed E-state index contributed by atoms with van der Waals surface area (Å²) in [6.45, 7) is -0.519. The maximum Gasteiger partial charge on any atom is 0.247 e. The predicted molar refractivity (Wildman–Crippen MR) is 61.5 cm³/mol. The second-order valence-corrected chi connectivity index (χ2v) is 5.18. The van der Waals surface area contributed by atoms with Crippen LogP contribution in [0.1, 0.15) is 5.56 Å². The summed E-state index contributed by atoms with van der Waals surface area (Å²) in [7, 11) is -3.89. The molecule has 0 saturated carbocycles. The molecule has 0 aliphatic carbocycles. The van der Waals surface area contributed by atoms with Gasteiger partial charge in [0, 0.05) is 6.54 Å². The van der Waals surface area contributed by atoms with Gasteiger partial charge in [-0.25, -0.2) is 13.1 Å². The van der Waals surface area contributed by atoms with Gasteiger partial charge < -0.3 is 10.8 Å². The third-order valence-corrected chi connectivity index (χ3v) is 3.49. The maximum absolute atomic E-state index is 11.7. The van der Waals surface area contributed by atoms with Crippen molar-refractivity contribution in [2.45, 2.75) is 11.0 Å². The first-order chi connectivity index (χ1) is 8.36. The molecule has 1 amide bonds. The van der Waals surface area contributed by atoms with Gasteiger partial charge in [-0.1, -0.05) is 6.07 Å². The molecule has 18 heavy (non-hydrogen) atoms. The highest BCUT2D eigenvalue weighted by atomic mass is 32.2. The molecule has 1 unspecified atom stereocenters. The van der Waals surface area contributed by atoms with E-state index in [2.05, 4.69) is 0 Å². The smallest absolute Gasteiger partial charge is 0.247 e. The molecule has 1 atom stereocenters. The predicted octanol–water partition coefficient (Wildman–Crippen LogP) is -1.32. The Hall–Kier alpha value is -1.95. The van der Waals surface area contributed by atoms with Gasteiger partial charge in [0.05, 0.1) is 16.5 Å². The summed E-state index contributed by atoms with van der Waals surface area (Å²) in [5.74, 6) is -1.02. The van der Waals surface area contributed by atoms with E-state index in [1.54, 1.807) is 6.07 Å². The van der Waals surface area contributed by atoms with Crippen LogP contribution in [0, 0.1) is 11.3 Å². The van der Waals surface area contributed by atoms with Crippen LogP contribution < -0.4 is 10.5 Å². The van der Waals surface area contributed by atoms with Gasteiger partial charge in [-0.05, 0) is 18.2 Å². The van der Waals surface area contributed by atoms with E-state index in [4.69, 9.17) is 16.1 Å². The Bertz CT molecular complexity index is 591. The number of carbonyl (C=O) groups excluding carboxylic acids is 1. The lowest BCUT2D eigenvalue weighted by Gasteiger charge is -2.09. The van der Waals surface area contributed by atoms with Gasteiger partial charge in [-0.3, -0.25) is 4.79 Å². The normalized spacial score (nSPS) is 12.7. The largest absolute Gasteiger partial charge is 0.382 e. The lowest BCUT2D eigenvalue weighted by Crippen LogP contribution is -2.39. The Labute approximate surface area is 104 Å². The molecule has 1 aromatic carbocycles. The van der Waals surface area contributed by atoms with Crippen LogP contribution in [0.5, 0.6) is 0 Å². The average Bonchev–Trinajstić information content (AvgIpc) is 2.36. The van der Waals surface area contributed by atoms with E-state index in [1.165, 1.54) is 24.3 Å². The van der Waals surface area contributed by atoms with Crippen molar-refractivity contribution in [3.05, 3.63) is 29.8 Å². The summed E-state index contributed by atoms with van der Waals surface area (Å²) in [4.78, 5) is 10.4. The zero-order valence-electron chi connectivity index (χ0n) is 9.20. The number of benzene rings is 1. The van der Waals surface area contributed by atoms with E-state index in [1.807, 2.05) is 4.72 Å². The summed E-state index contributed by atoms with van der Waals surface area (Å²) in [5, 5.41) is 17.7. The minimum atomic E-state index is -3.89. The van der Waals surface area contributed by atoms with E-state index in [-0.39, 0.29) is 10.5 Å². The third kappa shape index (κ3) is 3.53.